The number of hydrogen-bond acceptors (Lipinski definition) is 5. The lowest BCUT2D eigenvalue weighted by molar-refractivity contribution is -0.157. The number of carbonyl (C=O) groups is 2. The third-order valence-corrected chi connectivity index (χ3v) is 4.63. The maximum atomic E-state index is 12.7. The highest BCUT2D eigenvalue weighted by Gasteiger charge is 2.36. The van der Waals surface area contributed by atoms with E-state index in [1.54, 1.807) is 16.8 Å². The van der Waals surface area contributed by atoms with Gasteiger partial charge in [0.25, 0.3) is 0 Å². The summed E-state index contributed by atoms with van der Waals surface area (Å²) in [6, 6.07) is 0. The second-order valence-electron chi connectivity index (χ2n) is 7.06. The van der Waals surface area contributed by atoms with Crippen LogP contribution in [0.4, 0.5) is 13.2 Å². The molecule has 26 heavy (non-hydrogen) atoms. The van der Waals surface area contributed by atoms with Gasteiger partial charge >= 0.3 is 12.1 Å². The van der Waals surface area contributed by atoms with E-state index < -0.39 is 24.6 Å². The molecule has 7 nitrogen and oxygen atoms in total. The zero-order chi connectivity index (χ0) is 19.3. The van der Waals surface area contributed by atoms with Gasteiger partial charge in [0.15, 0.2) is 0 Å². The molecule has 0 spiro atoms. The number of likely N-dealkylation sites (N-methyl/N-ethyl adjacent to an activating group) is 1. The predicted octanol–water partition coefficient (Wildman–Crippen LogP) is 0.505. The van der Waals surface area contributed by atoms with Crippen molar-refractivity contribution in [3.63, 3.8) is 0 Å². The maximum Gasteiger partial charge on any atom is 0.401 e. The number of piperidine rings is 1. The number of ether oxygens (including phenoxy) is 1. The molecule has 2 atom stereocenters. The quantitative estimate of drug-likeness (QED) is 0.723. The van der Waals surface area contributed by atoms with Crippen molar-refractivity contribution in [3.05, 3.63) is 0 Å². The van der Waals surface area contributed by atoms with Gasteiger partial charge in [0, 0.05) is 26.2 Å². The molecule has 2 rings (SSSR count). The van der Waals surface area contributed by atoms with Crippen LogP contribution in [-0.4, -0.2) is 103 Å². The molecule has 0 aliphatic carbocycles. The van der Waals surface area contributed by atoms with Crippen molar-refractivity contribution in [1.82, 2.24) is 14.7 Å². The van der Waals surface area contributed by atoms with Crippen LogP contribution in [0.5, 0.6) is 0 Å². The molecule has 1 amide bonds. The minimum atomic E-state index is -4.26. The lowest BCUT2D eigenvalue weighted by atomic mass is 9.96. The number of carboxylic acids is 1. The van der Waals surface area contributed by atoms with Gasteiger partial charge in [-0.2, -0.15) is 13.2 Å². The summed E-state index contributed by atoms with van der Waals surface area (Å²) < 4.78 is 43.4. The molecule has 0 bridgehead atoms. The van der Waals surface area contributed by atoms with E-state index in [1.807, 2.05) is 0 Å². The van der Waals surface area contributed by atoms with Gasteiger partial charge in [-0.05, 0) is 26.4 Å². The first kappa shape index (κ1) is 20.9. The molecular weight excluding hydrogens is 355 g/mol. The molecule has 0 saturated carbocycles. The molecule has 150 valence electrons. The fourth-order valence-corrected chi connectivity index (χ4v) is 3.59. The molecule has 2 fully saturated rings. The van der Waals surface area contributed by atoms with E-state index in [0.717, 1.165) is 0 Å². The van der Waals surface area contributed by atoms with Crippen LogP contribution in [0.1, 0.15) is 12.8 Å². The SMILES string of the molecule is CN(CC(=O)O)CC1CN(C(=O)C2CCCN(CC(F)(F)F)C2)CCO1. The van der Waals surface area contributed by atoms with Crippen molar-refractivity contribution >= 4 is 11.9 Å². The van der Waals surface area contributed by atoms with Crippen molar-refractivity contribution in [2.45, 2.75) is 25.1 Å². The Labute approximate surface area is 150 Å². The first-order valence-electron chi connectivity index (χ1n) is 8.74. The Morgan fingerprint density at radius 1 is 1.27 bits per heavy atom. The molecule has 0 aromatic rings. The Kier molecular flexibility index (Phi) is 7.24. The molecule has 0 aromatic carbocycles. The number of likely N-dealkylation sites (tertiary alicyclic amines) is 1. The van der Waals surface area contributed by atoms with Gasteiger partial charge in [-0.25, -0.2) is 0 Å². The molecule has 1 N–H and O–H groups in total. The zero-order valence-electron chi connectivity index (χ0n) is 14.9. The molecule has 2 unspecified atom stereocenters. The Morgan fingerprint density at radius 3 is 2.65 bits per heavy atom. The first-order chi connectivity index (χ1) is 12.1. The summed E-state index contributed by atoms with van der Waals surface area (Å²) in [5.41, 5.74) is 0. The maximum absolute atomic E-state index is 12.7. The second kappa shape index (κ2) is 9.01. The van der Waals surface area contributed by atoms with E-state index in [0.29, 0.717) is 45.6 Å². The van der Waals surface area contributed by atoms with Gasteiger partial charge in [0.2, 0.25) is 5.91 Å². The third kappa shape index (κ3) is 6.73. The van der Waals surface area contributed by atoms with Crippen molar-refractivity contribution in [2.75, 3.05) is 59.5 Å². The number of aliphatic carboxylic acids is 1. The molecule has 2 aliphatic rings. The summed E-state index contributed by atoms with van der Waals surface area (Å²) in [6.45, 7) is 0.836. The zero-order valence-corrected chi connectivity index (χ0v) is 14.9. The van der Waals surface area contributed by atoms with Crippen LogP contribution in [0, 0.1) is 5.92 Å². The van der Waals surface area contributed by atoms with E-state index in [-0.39, 0.29) is 25.1 Å². The summed E-state index contributed by atoms with van der Waals surface area (Å²) in [6.07, 6.45) is -3.40. The van der Waals surface area contributed by atoms with Gasteiger partial charge in [0.1, 0.15) is 0 Å². The molecule has 2 saturated heterocycles. The number of rotatable bonds is 6. The number of halogens is 3. The number of carboxylic acid groups (broad SMARTS) is 1. The Balaban J connectivity index is 1.86. The average Bonchev–Trinajstić information content (AvgIpc) is 2.52. The molecular formula is C16H26F3N3O4. The van der Waals surface area contributed by atoms with Crippen LogP contribution in [0.15, 0.2) is 0 Å². The highest BCUT2D eigenvalue weighted by molar-refractivity contribution is 5.79. The summed E-state index contributed by atoms with van der Waals surface area (Å²) in [7, 11) is 1.66. The minimum Gasteiger partial charge on any atom is -0.480 e. The standard InChI is InChI=1S/C16H26F3N3O4/c1-20(10-14(23)24)8-13-9-22(5-6-26-13)15(25)12-3-2-4-21(7-12)11-16(17,18)19/h12-13H,2-11H2,1H3,(H,23,24). The van der Waals surface area contributed by atoms with Crippen molar-refractivity contribution in [3.8, 4) is 0 Å². The monoisotopic (exact) mass is 381 g/mol. The van der Waals surface area contributed by atoms with E-state index in [2.05, 4.69) is 0 Å². The van der Waals surface area contributed by atoms with E-state index in [4.69, 9.17) is 9.84 Å². The van der Waals surface area contributed by atoms with Crippen LogP contribution < -0.4 is 0 Å². The van der Waals surface area contributed by atoms with Crippen LogP contribution in [0.25, 0.3) is 0 Å². The lowest BCUT2D eigenvalue weighted by Gasteiger charge is -2.39. The number of alkyl halides is 3. The number of hydrogen-bond donors (Lipinski definition) is 1. The molecule has 2 heterocycles. The molecule has 2 aliphatic heterocycles. The third-order valence-electron chi connectivity index (χ3n) is 4.63. The molecule has 0 aromatic heterocycles. The van der Waals surface area contributed by atoms with E-state index in [1.165, 1.54) is 4.90 Å². The Bertz CT molecular complexity index is 504. The van der Waals surface area contributed by atoms with Gasteiger partial charge in [-0.3, -0.25) is 19.4 Å². The van der Waals surface area contributed by atoms with Gasteiger partial charge in [0.05, 0.1) is 31.7 Å². The van der Waals surface area contributed by atoms with Gasteiger partial charge in [-0.1, -0.05) is 0 Å². The van der Waals surface area contributed by atoms with Gasteiger partial charge in [-0.15, -0.1) is 0 Å². The van der Waals surface area contributed by atoms with Crippen LogP contribution in [-0.2, 0) is 14.3 Å². The Morgan fingerprint density at radius 2 is 2.00 bits per heavy atom. The van der Waals surface area contributed by atoms with E-state index in [9.17, 15) is 22.8 Å². The van der Waals surface area contributed by atoms with Crippen LogP contribution in [0.2, 0.25) is 0 Å². The number of carbonyl (C=O) groups excluding carboxylic acids is 1. The Hall–Kier alpha value is -1.39. The summed E-state index contributed by atoms with van der Waals surface area (Å²) in [5.74, 6) is -1.50. The smallest absolute Gasteiger partial charge is 0.401 e. The summed E-state index contributed by atoms with van der Waals surface area (Å²) in [4.78, 5) is 28.0. The normalized spacial score (nSPS) is 25.5. The van der Waals surface area contributed by atoms with Crippen LogP contribution >= 0.6 is 0 Å². The fourth-order valence-electron chi connectivity index (χ4n) is 3.59. The predicted molar refractivity (Wildman–Crippen MR) is 86.7 cm³/mol. The highest BCUT2D eigenvalue weighted by atomic mass is 19.4. The number of nitrogens with zero attached hydrogens (tertiary/aromatic N) is 3. The summed E-state index contributed by atoms with van der Waals surface area (Å²) in [5, 5.41) is 8.80. The van der Waals surface area contributed by atoms with Gasteiger partial charge < -0.3 is 14.7 Å². The largest absolute Gasteiger partial charge is 0.480 e. The highest BCUT2D eigenvalue weighted by Crippen LogP contribution is 2.24. The van der Waals surface area contributed by atoms with Crippen LogP contribution in [0.3, 0.4) is 0 Å². The van der Waals surface area contributed by atoms with E-state index >= 15 is 0 Å². The first-order valence-corrected chi connectivity index (χ1v) is 8.74. The van der Waals surface area contributed by atoms with Crippen molar-refractivity contribution in [1.29, 1.82) is 0 Å². The van der Waals surface area contributed by atoms with Crippen molar-refractivity contribution in [2.24, 2.45) is 5.92 Å². The number of morpholine rings is 1. The fraction of sp³-hybridized carbons (Fsp3) is 0.875. The number of amides is 1. The topological polar surface area (TPSA) is 73.3 Å². The average molecular weight is 381 g/mol. The molecule has 0 radical (unpaired) electrons. The second-order valence-corrected chi connectivity index (χ2v) is 7.06. The lowest BCUT2D eigenvalue weighted by Crippen LogP contribution is -2.53. The van der Waals surface area contributed by atoms with Crippen molar-refractivity contribution < 1.29 is 32.6 Å². The minimum absolute atomic E-state index is 0.122. The summed E-state index contributed by atoms with van der Waals surface area (Å²) >= 11 is 0. The molecule has 10 heteroatoms.